The molecule has 120 valence electrons. The van der Waals surface area contributed by atoms with Crippen molar-refractivity contribution in [1.82, 2.24) is 0 Å². The zero-order chi connectivity index (χ0) is 16.2. The molecule has 0 unspecified atom stereocenters. The molecular weight excluding hydrogens is 298 g/mol. The molecule has 1 aliphatic rings. The van der Waals surface area contributed by atoms with E-state index in [9.17, 15) is 8.78 Å². The van der Waals surface area contributed by atoms with Gasteiger partial charge in [0.05, 0.1) is 24.6 Å². The number of ether oxygens (including phenoxy) is 1. The van der Waals surface area contributed by atoms with Gasteiger partial charge in [0.1, 0.15) is 11.6 Å². The summed E-state index contributed by atoms with van der Waals surface area (Å²) in [5, 5.41) is 0. The first-order chi connectivity index (χ1) is 11.1. The summed E-state index contributed by atoms with van der Waals surface area (Å²) >= 11 is 0. The van der Waals surface area contributed by atoms with Crippen molar-refractivity contribution in [2.24, 2.45) is 4.99 Å². The molecule has 0 aromatic heterocycles. The molecule has 5 heteroatoms. The van der Waals surface area contributed by atoms with Gasteiger partial charge in [-0.05, 0) is 48.4 Å². The van der Waals surface area contributed by atoms with Gasteiger partial charge in [0.2, 0.25) is 0 Å². The average molecular weight is 316 g/mol. The molecule has 0 N–H and O–H groups in total. The van der Waals surface area contributed by atoms with Gasteiger partial charge in [0, 0.05) is 19.3 Å². The van der Waals surface area contributed by atoms with Crippen LogP contribution in [0.5, 0.6) is 0 Å². The normalized spacial score (nSPS) is 15.3. The zero-order valence-corrected chi connectivity index (χ0v) is 12.9. The van der Waals surface area contributed by atoms with Crippen molar-refractivity contribution in [3.8, 4) is 0 Å². The number of hydrogen-bond donors (Lipinski definition) is 0. The minimum Gasteiger partial charge on any atom is -0.378 e. The van der Waals surface area contributed by atoms with Gasteiger partial charge in [-0.2, -0.15) is 0 Å². The van der Waals surface area contributed by atoms with E-state index in [2.05, 4.69) is 4.99 Å². The predicted octanol–water partition coefficient (Wildman–Crippen LogP) is 3.86. The van der Waals surface area contributed by atoms with Crippen LogP contribution in [0.4, 0.5) is 20.2 Å². The van der Waals surface area contributed by atoms with Crippen LogP contribution in [0, 0.1) is 18.6 Å². The number of benzene rings is 2. The molecule has 0 aliphatic carbocycles. The molecule has 23 heavy (non-hydrogen) atoms. The van der Waals surface area contributed by atoms with Crippen LogP contribution in [-0.4, -0.2) is 32.5 Å². The molecule has 0 atom stereocenters. The Morgan fingerprint density at radius 2 is 1.83 bits per heavy atom. The minimum atomic E-state index is -0.272. The summed E-state index contributed by atoms with van der Waals surface area (Å²) in [5.74, 6) is -0.531. The van der Waals surface area contributed by atoms with Crippen molar-refractivity contribution >= 4 is 17.6 Å². The van der Waals surface area contributed by atoms with Crippen LogP contribution in [0.15, 0.2) is 41.4 Å². The van der Waals surface area contributed by atoms with Crippen molar-refractivity contribution in [3.05, 3.63) is 59.2 Å². The lowest BCUT2D eigenvalue weighted by atomic mass is 10.2. The Morgan fingerprint density at radius 1 is 1.04 bits per heavy atom. The smallest absolute Gasteiger partial charge is 0.147 e. The van der Waals surface area contributed by atoms with Crippen molar-refractivity contribution in [2.75, 3.05) is 31.2 Å². The summed E-state index contributed by atoms with van der Waals surface area (Å²) in [5.41, 5.74) is 2.43. The third-order valence-corrected chi connectivity index (χ3v) is 3.83. The fourth-order valence-electron chi connectivity index (χ4n) is 2.52. The van der Waals surface area contributed by atoms with Crippen molar-refractivity contribution in [3.63, 3.8) is 0 Å². The largest absolute Gasteiger partial charge is 0.378 e. The maximum atomic E-state index is 14.3. The number of anilines is 1. The second kappa shape index (κ2) is 6.87. The molecule has 0 amide bonds. The summed E-state index contributed by atoms with van der Waals surface area (Å²) in [6, 6.07) is 9.68. The van der Waals surface area contributed by atoms with E-state index in [0.717, 1.165) is 0 Å². The van der Waals surface area contributed by atoms with Crippen LogP contribution < -0.4 is 4.90 Å². The van der Waals surface area contributed by atoms with Crippen LogP contribution in [0.3, 0.4) is 0 Å². The molecule has 1 saturated heterocycles. The predicted molar refractivity (Wildman–Crippen MR) is 87.8 cm³/mol. The van der Waals surface area contributed by atoms with E-state index < -0.39 is 0 Å². The lowest BCUT2D eigenvalue weighted by Crippen LogP contribution is -2.36. The molecule has 3 rings (SSSR count). The molecule has 2 aromatic rings. The molecule has 0 bridgehead atoms. The Balaban J connectivity index is 1.76. The third-order valence-electron chi connectivity index (χ3n) is 3.83. The van der Waals surface area contributed by atoms with Crippen LogP contribution in [-0.2, 0) is 4.74 Å². The Kier molecular flexibility index (Phi) is 4.67. The number of aliphatic imine (C=N–C) groups is 1. The van der Waals surface area contributed by atoms with Gasteiger partial charge >= 0.3 is 0 Å². The first-order valence-electron chi connectivity index (χ1n) is 7.56. The summed E-state index contributed by atoms with van der Waals surface area (Å²) in [6.07, 6.45) is 1.58. The van der Waals surface area contributed by atoms with Crippen LogP contribution in [0.25, 0.3) is 0 Å². The van der Waals surface area contributed by atoms with E-state index in [0.29, 0.717) is 48.8 Å². The molecule has 0 spiro atoms. The van der Waals surface area contributed by atoms with E-state index in [1.54, 1.807) is 31.3 Å². The number of rotatable bonds is 3. The Labute approximate surface area is 134 Å². The van der Waals surface area contributed by atoms with Gasteiger partial charge in [-0.25, -0.2) is 8.78 Å². The van der Waals surface area contributed by atoms with E-state index in [1.807, 2.05) is 11.0 Å². The SMILES string of the molecule is Cc1cc(N=Cc2ccc(N3CCOCC3)c(F)c2)ccc1F. The molecule has 0 saturated carbocycles. The molecule has 1 fully saturated rings. The number of hydrogen-bond acceptors (Lipinski definition) is 3. The summed E-state index contributed by atoms with van der Waals surface area (Å²) < 4.78 is 32.8. The maximum absolute atomic E-state index is 14.3. The van der Waals surface area contributed by atoms with Crippen LogP contribution in [0.1, 0.15) is 11.1 Å². The molecule has 1 heterocycles. The topological polar surface area (TPSA) is 24.8 Å². The van der Waals surface area contributed by atoms with Gasteiger partial charge in [-0.15, -0.1) is 0 Å². The summed E-state index contributed by atoms with van der Waals surface area (Å²) in [6.45, 7) is 4.31. The number of morpholine rings is 1. The van der Waals surface area contributed by atoms with Gasteiger partial charge < -0.3 is 9.64 Å². The second-order valence-electron chi connectivity index (χ2n) is 5.50. The van der Waals surface area contributed by atoms with E-state index in [-0.39, 0.29) is 11.6 Å². The Bertz CT molecular complexity index is 725. The van der Waals surface area contributed by atoms with Gasteiger partial charge in [-0.1, -0.05) is 6.07 Å². The summed E-state index contributed by atoms with van der Waals surface area (Å²) in [4.78, 5) is 6.25. The highest BCUT2D eigenvalue weighted by Crippen LogP contribution is 2.22. The summed E-state index contributed by atoms with van der Waals surface area (Å²) in [7, 11) is 0. The highest BCUT2D eigenvalue weighted by Gasteiger charge is 2.14. The molecular formula is C18H18F2N2O. The molecule has 0 radical (unpaired) electrons. The van der Waals surface area contributed by atoms with Crippen LogP contribution in [0.2, 0.25) is 0 Å². The highest BCUT2D eigenvalue weighted by atomic mass is 19.1. The lowest BCUT2D eigenvalue weighted by molar-refractivity contribution is 0.122. The minimum absolute atomic E-state index is 0.259. The van der Waals surface area contributed by atoms with Crippen molar-refractivity contribution < 1.29 is 13.5 Å². The zero-order valence-electron chi connectivity index (χ0n) is 12.9. The standard InChI is InChI=1S/C18H18F2N2O/c1-13-10-15(3-4-16(13)19)21-12-14-2-5-18(17(20)11-14)22-6-8-23-9-7-22/h2-5,10-12H,6-9H2,1H3. The highest BCUT2D eigenvalue weighted by molar-refractivity contribution is 5.82. The Morgan fingerprint density at radius 3 is 2.52 bits per heavy atom. The number of nitrogens with zero attached hydrogens (tertiary/aromatic N) is 2. The second-order valence-corrected chi connectivity index (χ2v) is 5.50. The van der Waals surface area contributed by atoms with Gasteiger partial charge in [0.15, 0.2) is 0 Å². The average Bonchev–Trinajstić information content (AvgIpc) is 2.57. The lowest BCUT2D eigenvalue weighted by Gasteiger charge is -2.29. The third kappa shape index (κ3) is 3.74. The first kappa shape index (κ1) is 15.6. The van der Waals surface area contributed by atoms with E-state index in [4.69, 9.17) is 4.74 Å². The number of halogens is 2. The van der Waals surface area contributed by atoms with Gasteiger partial charge in [0.25, 0.3) is 0 Å². The molecule has 2 aromatic carbocycles. The maximum Gasteiger partial charge on any atom is 0.147 e. The monoisotopic (exact) mass is 316 g/mol. The number of aryl methyl sites for hydroxylation is 1. The fraction of sp³-hybridized carbons (Fsp3) is 0.278. The molecule has 1 aliphatic heterocycles. The first-order valence-corrected chi connectivity index (χ1v) is 7.56. The van der Waals surface area contributed by atoms with Gasteiger partial charge in [-0.3, -0.25) is 4.99 Å². The van der Waals surface area contributed by atoms with Crippen molar-refractivity contribution in [2.45, 2.75) is 6.92 Å². The fourth-order valence-corrected chi connectivity index (χ4v) is 2.52. The van der Waals surface area contributed by atoms with E-state index in [1.165, 1.54) is 12.1 Å². The van der Waals surface area contributed by atoms with E-state index >= 15 is 0 Å². The van der Waals surface area contributed by atoms with Crippen LogP contribution >= 0.6 is 0 Å². The molecule has 3 nitrogen and oxygen atoms in total. The Hall–Kier alpha value is -2.27. The quantitative estimate of drug-likeness (QED) is 0.803. The van der Waals surface area contributed by atoms with Crippen molar-refractivity contribution in [1.29, 1.82) is 0 Å².